The molecule has 7 heteroatoms. The second-order valence-electron chi connectivity index (χ2n) is 3.41. The molecule has 2 atom stereocenters. The van der Waals surface area contributed by atoms with Gasteiger partial charge in [-0.25, -0.2) is 4.98 Å². The lowest BCUT2D eigenvalue weighted by atomic mass is 10.2. The number of nitrogens with zero attached hydrogens (tertiary/aromatic N) is 1. The topological polar surface area (TPSA) is 121 Å². The summed E-state index contributed by atoms with van der Waals surface area (Å²) in [4.78, 5) is 28.6. The average Bonchev–Trinajstić information content (AvgIpc) is 2.68. The minimum absolute atomic E-state index is 0.331. The third-order valence-corrected chi connectivity index (χ3v) is 2.02. The van der Waals surface area contributed by atoms with E-state index in [1.54, 1.807) is 19.3 Å². The van der Waals surface area contributed by atoms with Crippen molar-refractivity contribution >= 4 is 11.9 Å². The lowest BCUT2D eigenvalue weighted by molar-refractivity contribution is -0.139. The monoisotopic (exact) mass is 226 g/mol. The second kappa shape index (κ2) is 5.26. The van der Waals surface area contributed by atoms with Crippen LogP contribution in [0.5, 0.6) is 0 Å². The zero-order chi connectivity index (χ0) is 12.1. The molecule has 88 valence electrons. The van der Waals surface area contributed by atoms with Crippen LogP contribution in [0.2, 0.25) is 0 Å². The molecule has 1 aromatic heterocycles. The maximum absolute atomic E-state index is 11.4. The van der Waals surface area contributed by atoms with Gasteiger partial charge in [-0.1, -0.05) is 0 Å². The fourth-order valence-electron chi connectivity index (χ4n) is 1.18. The SMILES string of the molecule is CC(NC(=O)C(N)CC(=O)O)c1ncc[nH]1. The van der Waals surface area contributed by atoms with Crippen LogP contribution < -0.4 is 11.1 Å². The smallest absolute Gasteiger partial charge is 0.305 e. The molecule has 1 heterocycles. The highest BCUT2D eigenvalue weighted by Gasteiger charge is 2.19. The number of amides is 1. The van der Waals surface area contributed by atoms with Crippen LogP contribution in [0.3, 0.4) is 0 Å². The number of carbonyl (C=O) groups is 2. The standard InChI is InChI=1S/C9H14N4O3/c1-5(8-11-2-3-12-8)13-9(16)6(10)4-7(14)15/h2-3,5-6H,4,10H2,1H3,(H,11,12)(H,13,16)(H,14,15). The number of carboxylic acids is 1. The lowest BCUT2D eigenvalue weighted by Gasteiger charge is -2.14. The Kier molecular flexibility index (Phi) is 4.01. The van der Waals surface area contributed by atoms with E-state index in [1.807, 2.05) is 0 Å². The van der Waals surface area contributed by atoms with Crippen LogP contribution in [0.15, 0.2) is 12.4 Å². The van der Waals surface area contributed by atoms with Crippen molar-refractivity contribution < 1.29 is 14.7 Å². The number of hydrogen-bond donors (Lipinski definition) is 4. The predicted molar refractivity (Wildman–Crippen MR) is 55.4 cm³/mol. The van der Waals surface area contributed by atoms with Gasteiger partial charge in [0, 0.05) is 12.4 Å². The molecule has 0 radical (unpaired) electrons. The number of H-pyrrole nitrogens is 1. The first-order chi connectivity index (χ1) is 7.50. The number of nitrogens with one attached hydrogen (secondary N) is 2. The summed E-state index contributed by atoms with van der Waals surface area (Å²) in [5.74, 6) is -1.02. The molecule has 0 bridgehead atoms. The van der Waals surface area contributed by atoms with Crippen LogP contribution in [0.25, 0.3) is 0 Å². The highest BCUT2D eigenvalue weighted by Crippen LogP contribution is 2.05. The normalized spacial score (nSPS) is 14.1. The van der Waals surface area contributed by atoms with Gasteiger partial charge in [0.05, 0.1) is 18.5 Å². The largest absolute Gasteiger partial charge is 0.481 e. The number of carbonyl (C=O) groups excluding carboxylic acids is 1. The third kappa shape index (κ3) is 3.35. The fourth-order valence-corrected chi connectivity index (χ4v) is 1.18. The van der Waals surface area contributed by atoms with Gasteiger partial charge in [0.15, 0.2) is 0 Å². The first kappa shape index (κ1) is 12.2. The number of rotatable bonds is 5. The van der Waals surface area contributed by atoms with Gasteiger partial charge in [-0.3, -0.25) is 9.59 Å². The molecule has 0 aliphatic heterocycles. The minimum atomic E-state index is -1.10. The Bertz CT molecular complexity index is 363. The summed E-state index contributed by atoms with van der Waals surface area (Å²) in [7, 11) is 0. The number of nitrogens with two attached hydrogens (primary N) is 1. The molecule has 0 spiro atoms. The number of hydrogen-bond acceptors (Lipinski definition) is 4. The Morgan fingerprint density at radius 2 is 2.38 bits per heavy atom. The van der Waals surface area contributed by atoms with E-state index >= 15 is 0 Å². The van der Waals surface area contributed by atoms with Gasteiger partial charge >= 0.3 is 5.97 Å². The number of aromatic amines is 1. The molecule has 0 saturated carbocycles. The Labute approximate surface area is 92.1 Å². The molecular formula is C9H14N4O3. The molecule has 16 heavy (non-hydrogen) atoms. The number of carboxylic acid groups (broad SMARTS) is 1. The lowest BCUT2D eigenvalue weighted by Crippen LogP contribution is -2.43. The van der Waals surface area contributed by atoms with Crippen molar-refractivity contribution in [3.63, 3.8) is 0 Å². The molecule has 0 aromatic carbocycles. The van der Waals surface area contributed by atoms with Crippen molar-refractivity contribution in [1.29, 1.82) is 0 Å². The zero-order valence-corrected chi connectivity index (χ0v) is 8.80. The molecule has 0 aliphatic carbocycles. The summed E-state index contributed by atoms with van der Waals surface area (Å²) in [6, 6.07) is -1.38. The van der Waals surface area contributed by atoms with Gasteiger partial charge < -0.3 is 21.1 Å². The summed E-state index contributed by atoms with van der Waals surface area (Å²) in [5.41, 5.74) is 5.40. The van der Waals surface area contributed by atoms with Gasteiger partial charge in [-0.2, -0.15) is 0 Å². The van der Waals surface area contributed by atoms with Crippen molar-refractivity contribution in [1.82, 2.24) is 15.3 Å². The first-order valence-corrected chi connectivity index (χ1v) is 4.77. The summed E-state index contributed by atoms with van der Waals surface area (Å²) in [6.45, 7) is 1.73. The highest BCUT2D eigenvalue weighted by molar-refractivity contribution is 5.86. The fraction of sp³-hybridized carbons (Fsp3) is 0.444. The predicted octanol–water partition coefficient (Wildman–Crippen LogP) is -0.611. The van der Waals surface area contributed by atoms with Crippen molar-refractivity contribution in [2.75, 3.05) is 0 Å². The molecule has 5 N–H and O–H groups in total. The van der Waals surface area contributed by atoms with Crippen LogP contribution >= 0.6 is 0 Å². The maximum Gasteiger partial charge on any atom is 0.305 e. The van der Waals surface area contributed by atoms with E-state index in [4.69, 9.17) is 10.8 Å². The van der Waals surface area contributed by atoms with E-state index in [9.17, 15) is 9.59 Å². The van der Waals surface area contributed by atoms with Crippen molar-refractivity contribution in [2.24, 2.45) is 5.73 Å². The van der Waals surface area contributed by atoms with Gasteiger partial charge in [-0.05, 0) is 6.92 Å². The summed E-state index contributed by atoms with van der Waals surface area (Å²) in [5, 5.41) is 11.0. The summed E-state index contributed by atoms with van der Waals surface area (Å²) >= 11 is 0. The molecular weight excluding hydrogens is 212 g/mol. The van der Waals surface area contributed by atoms with E-state index in [0.717, 1.165) is 0 Å². The number of aliphatic carboxylic acids is 1. The molecule has 1 aromatic rings. The Morgan fingerprint density at radius 3 is 2.88 bits per heavy atom. The van der Waals surface area contributed by atoms with Gasteiger partial charge in [0.1, 0.15) is 5.82 Å². The van der Waals surface area contributed by atoms with Crippen LogP contribution in [0.4, 0.5) is 0 Å². The van der Waals surface area contributed by atoms with Gasteiger partial charge in [0.2, 0.25) is 5.91 Å². The minimum Gasteiger partial charge on any atom is -0.481 e. The van der Waals surface area contributed by atoms with Crippen LogP contribution in [0.1, 0.15) is 25.2 Å². The average molecular weight is 226 g/mol. The Balaban J connectivity index is 2.48. The summed E-state index contributed by atoms with van der Waals surface area (Å²) in [6.07, 6.45) is 2.81. The molecule has 2 unspecified atom stereocenters. The van der Waals surface area contributed by atoms with E-state index in [0.29, 0.717) is 5.82 Å². The summed E-state index contributed by atoms with van der Waals surface area (Å²) < 4.78 is 0. The molecule has 0 fully saturated rings. The third-order valence-electron chi connectivity index (χ3n) is 2.02. The molecule has 7 nitrogen and oxygen atoms in total. The Morgan fingerprint density at radius 1 is 1.69 bits per heavy atom. The van der Waals surface area contributed by atoms with Crippen LogP contribution in [-0.4, -0.2) is 33.0 Å². The number of imidazole rings is 1. The quantitative estimate of drug-likeness (QED) is 0.533. The van der Waals surface area contributed by atoms with Crippen molar-refractivity contribution in [3.8, 4) is 0 Å². The van der Waals surface area contributed by atoms with Crippen molar-refractivity contribution in [2.45, 2.75) is 25.4 Å². The molecule has 1 amide bonds. The zero-order valence-electron chi connectivity index (χ0n) is 8.80. The number of aromatic nitrogens is 2. The highest BCUT2D eigenvalue weighted by atomic mass is 16.4. The van der Waals surface area contributed by atoms with E-state index in [1.165, 1.54) is 0 Å². The Hall–Kier alpha value is -1.89. The van der Waals surface area contributed by atoms with Crippen molar-refractivity contribution in [3.05, 3.63) is 18.2 Å². The maximum atomic E-state index is 11.4. The molecule has 0 saturated heterocycles. The molecule has 0 aliphatic rings. The second-order valence-corrected chi connectivity index (χ2v) is 3.41. The van der Waals surface area contributed by atoms with Crippen LogP contribution in [-0.2, 0) is 9.59 Å². The van der Waals surface area contributed by atoms with E-state index in [2.05, 4.69) is 15.3 Å². The van der Waals surface area contributed by atoms with E-state index < -0.39 is 24.3 Å². The molecule has 1 rings (SSSR count). The van der Waals surface area contributed by atoms with Gasteiger partial charge in [-0.15, -0.1) is 0 Å². The van der Waals surface area contributed by atoms with Crippen LogP contribution in [0, 0.1) is 0 Å². The van der Waals surface area contributed by atoms with E-state index in [-0.39, 0.29) is 6.04 Å². The van der Waals surface area contributed by atoms with Gasteiger partial charge in [0.25, 0.3) is 0 Å². The first-order valence-electron chi connectivity index (χ1n) is 4.77.